The van der Waals surface area contributed by atoms with E-state index in [1.165, 1.54) is 5.39 Å². The van der Waals surface area contributed by atoms with Gasteiger partial charge in [-0.05, 0) is 59.7 Å². The van der Waals surface area contributed by atoms with Crippen molar-refractivity contribution in [2.24, 2.45) is 0 Å². The summed E-state index contributed by atoms with van der Waals surface area (Å²) in [6.45, 7) is 2.02. The largest absolute Gasteiger partial charge is 0.455 e. The molecule has 0 aliphatic rings. The quantitative estimate of drug-likeness (QED) is 0.649. The van der Waals surface area contributed by atoms with E-state index in [0.717, 1.165) is 21.2 Å². The minimum Gasteiger partial charge on any atom is -0.455 e. The Bertz CT molecular complexity index is 783. The van der Waals surface area contributed by atoms with E-state index in [0.29, 0.717) is 11.4 Å². The maximum Gasteiger partial charge on any atom is 0.150 e. The monoisotopic (exact) mass is 327 g/mol. The van der Waals surface area contributed by atoms with Crippen LogP contribution in [0.4, 0.5) is 5.69 Å². The summed E-state index contributed by atoms with van der Waals surface area (Å²) in [6, 6.07) is 18.0. The van der Waals surface area contributed by atoms with Crippen LogP contribution in [-0.4, -0.2) is 0 Å². The second-order valence-corrected chi connectivity index (χ2v) is 5.71. The van der Waals surface area contributed by atoms with Gasteiger partial charge in [-0.1, -0.05) is 34.1 Å². The lowest BCUT2D eigenvalue weighted by atomic mass is 10.1. The van der Waals surface area contributed by atoms with Gasteiger partial charge in [-0.25, -0.2) is 0 Å². The van der Waals surface area contributed by atoms with Gasteiger partial charge in [0.05, 0.1) is 5.69 Å². The number of aryl methyl sites for hydroxylation is 1. The smallest absolute Gasteiger partial charge is 0.150 e. The lowest BCUT2D eigenvalue weighted by Crippen LogP contribution is -1.92. The molecule has 3 aromatic carbocycles. The number of anilines is 1. The number of benzene rings is 3. The highest BCUT2D eigenvalue weighted by molar-refractivity contribution is 9.10. The third-order valence-electron chi connectivity index (χ3n) is 3.17. The topological polar surface area (TPSA) is 35.2 Å². The number of hydrogen-bond acceptors (Lipinski definition) is 2. The van der Waals surface area contributed by atoms with Gasteiger partial charge >= 0.3 is 0 Å². The SMILES string of the molecule is Cc1ccc(N)c(Oc2ccc3cc(Br)ccc3c2)c1. The van der Waals surface area contributed by atoms with Crippen LogP contribution >= 0.6 is 15.9 Å². The minimum absolute atomic E-state index is 0.645. The number of fused-ring (bicyclic) bond motifs is 1. The maximum atomic E-state index is 5.94. The number of nitrogens with two attached hydrogens (primary N) is 1. The molecule has 100 valence electrons. The fourth-order valence-corrected chi connectivity index (χ4v) is 2.49. The Morgan fingerprint density at radius 3 is 2.50 bits per heavy atom. The molecule has 0 bridgehead atoms. The molecule has 0 saturated carbocycles. The minimum atomic E-state index is 0.645. The maximum absolute atomic E-state index is 5.94. The van der Waals surface area contributed by atoms with Gasteiger partial charge in [0.2, 0.25) is 0 Å². The molecule has 0 amide bonds. The second kappa shape index (κ2) is 5.17. The molecule has 0 atom stereocenters. The van der Waals surface area contributed by atoms with Crippen LogP contribution in [0.5, 0.6) is 11.5 Å². The zero-order valence-corrected chi connectivity index (χ0v) is 12.6. The molecule has 3 aromatic rings. The highest BCUT2D eigenvalue weighted by Crippen LogP contribution is 2.31. The third-order valence-corrected chi connectivity index (χ3v) is 3.66. The number of halogens is 1. The van der Waals surface area contributed by atoms with Gasteiger partial charge in [-0.15, -0.1) is 0 Å². The Kier molecular flexibility index (Phi) is 3.36. The molecule has 2 N–H and O–H groups in total. The fraction of sp³-hybridized carbons (Fsp3) is 0.0588. The lowest BCUT2D eigenvalue weighted by Gasteiger charge is -2.10. The van der Waals surface area contributed by atoms with E-state index in [1.54, 1.807) is 0 Å². The molecule has 0 spiro atoms. The Labute approximate surface area is 126 Å². The standard InChI is InChI=1S/C17H14BrNO/c1-11-2-7-16(19)17(8-11)20-15-6-4-12-9-14(18)5-3-13(12)10-15/h2-10H,19H2,1H3. The van der Waals surface area contributed by atoms with Crippen molar-refractivity contribution < 1.29 is 4.74 Å². The van der Waals surface area contributed by atoms with Crippen LogP contribution in [0.3, 0.4) is 0 Å². The first-order valence-corrected chi connectivity index (χ1v) is 7.14. The molecule has 0 heterocycles. The Balaban J connectivity index is 1.98. The third kappa shape index (κ3) is 2.63. The van der Waals surface area contributed by atoms with Crippen LogP contribution < -0.4 is 10.5 Å². The van der Waals surface area contributed by atoms with Crippen molar-refractivity contribution in [3.8, 4) is 11.5 Å². The average Bonchev–Trinajstić information content (AvgIpc) is 2.43. The van der Waals surface area contributed by atoms with Gasteiger partial charge in [-0.2, -0.15) is 0 Å². The molecule has 3 rings (SSSR count). The van der Waals surface area contributed by atoms with E-state index in [-0.39, 0.29) is 0 Å². The molecule has 0 aliphatic carbocycles. The van der Waals surface area contributed by atoms with Crippen molar-refractivity contribution >= 4 is 32.4 Å². The van der Waals surface area contributed by atoms with Gasteiger partial charge in [0.1, 0.15) is 5.75 Å². The van der Waals surface area contributed by atoms with Crippen molar-refractivity contribution in [2.45, 2.75) is 6.92 Å². The van der Waals surface area contributed by atoms with Crippen molar-refractivity contribution in [1.29, 1.82) is 0 Å². The van der Waals surface area contributed by atoms with Crippen molar-refractivity contribution in [3.63, 3.8) is 0 Å². The van der Waals surface area contributed by atoms with Crippen LogP contribution in [0.25, 0.3) is 10.8 Å². The Hall–Kier alpha value is -2.00. The molecule has 0 unspecified atom stereocenters. The highest BCUT2D eigenvalue weighted by atomic mass is 79.9. The molecule has 0 fully saturated rings. The van der Waals surface area contributed by atoms with Crippen LogP contribution in [0.1, 0.15) is 5.56 Å². The average molecular weight is 328 g/mol. The highest BCUT2D eigenvalue weighted by Gasteiger charge is 2.04. The van der Waals surface area contributed by atoms with E-state index in [4.69, 9.17) is 10.5 Å². The molecule has 20 heavy (non-hydrogen) atoms. The zero-order valence-electron chi connectivity index (χ0n) is 11.1. The molecule has 0 aromatic heterocycles. The molecule has 0 radical (unpaired) electrons. The van der Waals surface area contributed by atoms with Crippen LogP contribution in [0, 0.1) is 6.92 Å². The van der Waals surface area contributed by atoms with Gasteiger partial charge in [0, 0.05) is 4.47 Å². The zero-order chi connectivity index (χ0) is 14.1. The molecule has 3 heteroatoms. The summed E-state index contributed by atoms with van der Waals surface area (Å²) in [7, 11) is 0. The Morgan fingerprint density at radius 2 is 1.65 bits per heavy atom. The van der Waals surface area contributed by atoms with E-state index >= 15 is 0 Å². The fourth-order valence-electron chi connectivity index (χ4n) is 2.12. The van der Waals surface area contributed by atoms with Crippen LogP contribution in [-0.2, 0) is 0 Å². The molecule has 0 saturated heterocycles. The summed E-state index contributed by atoms with van der Waals surface area (Å²) in [5.41, 5.74) is 7.71. The predicted octanol–water partition coefficient (Wildman–Crippen LogP) is 5.29. The van der Waals surface area contributed by atoms with Crippen molar-refractivity contribution in [3.05, 3.63) is 64.6 Å². The number of hydrogen-bond donors (Lipinski definition) is 1. The summed E-state index contributed by atoms with van der Waals surface area (Å²) >= 11 is 3.47. The van der Waals surface area contributed by atoms with Crippen molar-refractivity contribution in [1.82, 2.24) is 0 Å². The number of ether oxygens (including phenoxy) is 1. The van der Waals surface area contributed by atoms with Crippen molar-refractivity contribution in [2.75, 3.05) is 5.73 Å². The second-order valence-electron chi connectivity index (χ2n) is 4.80. The molecular weight excluding hydrogens is 314 g/mol. The van der Waals surface area contributed by atoms with Gasteiger partial charge in [0.25, 0.3) is 0 Å². The first-order chi connectivity index (χ1) is 9.61. The normalized spacial score (nSPS) is 10.7. The summed E-state index contributed by atoms with van der Waals surface area (Å²) in [5.74, 6) is 1.48. The number of rotatable bonds is 2. The summed E-state index contributed by atoms with van der Waals surface area (Å²) in [5, 5.41) is 2.31. The molecule has 0 aliphatic heterocycles. The Morgan fingerprint density at radius 1 is 0.900 bits per heavy atom. The van der Waals surface area contributed by atoms with E-state index in [1.807, 2.05) is 49.4 Å². The molecule has 2 nitrogen and oxygen atoms in total. The first-order valence-electron chi connectivity index (χ1n) is 6.35. The van der Waals surface area contributed by atoms with E-state index in [9.17, 15) is 0 Å². The molecular formula is C17H14BrNO. The van der Waals surface area contributed by atoms with Crippen LogP contribution in [0.15, 0.2) is 59.1 Å². The van der Waals surface area contributed by atoms with E-state index < -0.39 is 0 Å². The van der Waals surface area contributed by atoms with Gasteiger partial charge < -0.3 is 10.5 Å². The summed E-state index contributed by atoms with van der Waals surface area (Å²) in [4.78, 5) is 0. The number of nitrogen functional groups attached to an aromatic ring is 1. The van der Waals surface area contributed by atoms with E-state index in [2.05, 4.69) is 28.1 Å². The first kappa shape index (κ1) is 13.0. The van der Waals surface area contributed by atoms with Gasteiger partial charge in [-0.3, -0.25) is 0 Å². The van der Waals surface area contributed by atoms with Gasteiger partial charge in [0.15, 0.2) is 5.75 Å². The lowest BCUT2D eigenvalue weighted by molar-refractivity contribution is 0.485. The summed E-state index contributed by atoms with van der Waals surface area (Å²) in [6.07, 6.45) is 0. The summed E-state index contributed by atoms with van der Waals surface area (Å²) < 4.78 is 6.96. The van der Waals surface area contributed by atoms with Crippen LogP contribution in [0.2, 0.25) is 0 Å². The predicted molar refractivity (Wildman–Crippen MR) is 87.3 cm³/mol.